The zero-order valence-electron chi connectivity index (χ0n) is 17.9. The van der Waals surface area contributed by atoms with Gasteiger partial charge in [0.05, 0.1) is 38.1 Å². The lowest BCUT2D eigenvalue weighted by Crippen LogP contribution is -2.22. The van der Waals surface area contributed by atoms with Gasteiger partial charge in [0, 0.05) is 16.6 Å². The maximum Gasteiger partial charge on any atom is 0.281 e. The van der Waals surface area contributed by atoms with E-state index >= 15 is 0 Å². The summed E-state index contributed by atoms with van der Waals surface area (Å²) in [4.78, 5) is 30.5. The highest BCUT2D eigenvalue weighted by molar-refractivity contribution is 7.16. The normalized spacial score (nSPS) is 11.3. The topological polar surface area (TPSA) is 104 Å². The number of hydrogen-bond donors (Lipinski definition) is 3. The van der Waals surface area contributed by atoms with Crippen molar-refractivity contribution in [2.75, 3.05) is 0 Å². The number of aromatic hydroxyl groups is 1. The van der Waals surface area contributed by atoms with Crippen molar-refractivity contribution in [2.24, 2.45) is 5.10 Å². The van der Waals surface area contributed by atoms with E-state index in [1.165, 1.54) is 11.3 Å². The fraction of sp³-hybridized carbons (Fsp3) is 0.0833. The number of nitrogens with one attached hydrogen (secondary N) is 2. The Morgan fingerprint density at radius 1 is 1.06 bits per heavy atom. The maximum atomic E-state index is 12.5. The Labute approximate surface area is 208 Å². The van der Waals surface area contributed by atoms with E-state index in [4.69, 9.17) is 11.6 Å². The predicted octanol–water partition coefficient (Wildman–Crippen LogP) is 5.31. The number of thiophene rings is 2. The Hall–Kier alpha value is -3.53. The van der Waals surface area contributed by atoms with Crippen LogP contribution in [-0.2, 0) is 6.54 Å². The van der Waals surface area contributed by atoms with E-state index in [0.29, 0.717) is 37.5 Å². The van der Waals surface area contributed by atoms with Crippen molar-refractivity contribution >= 4 is 51.8 Å². The maximum absolute atomic E-state index is 12.5. The minimum absolute atomic E-state index is 0.0887. The third kappa shape index (κ3) is 5.51. The summed E-state index contributed by atoms with van der Waals surface area (Å²) >= 11 is 8.37. The second-order valence-corrected chi connectivity index (χ2v) is 9.54. The number of hydrogen-bond acceptors (Lipinski definition) is 7. The number of nitrogens with zero attached hydrogens (tertiary/aromatic N) is 2. The molecule has 3 heterocycles. The molecule has 0 atom stereocenters. The molecule has 1 aromatic carbocycles. The second kappa shape index (κ2) is 10.6. The van der Waals surface area contributed by atoms with Crippen LogP contribution in [0.3, 0.4) is 0 Å². The molecule has 34 heavy (non-hydrogen) atoms. The summed E-state index contributed by atoms with van der Waals surface area (Å²) in [5.41, 5.74) is 5.04. The Balaban J connectivity index is 1.39. The summed E-state index contributed by atoms with van der Waals surface area (Å²) in [6, 6.07) is 15.8. The van der Waals surface area contributed by atoms with Crippen molar-refractivity contribution in [2.45, 2.75) is 13.5 Å². The lowest BCUT2D eigenvalue weighted by Gasteiger charge is -2.03. The van der Waals surface area contributed by atoms with Crippen LogP contribution in [-0.4, -0.2) is 27.6 Å². The number of aromatic nitrogens is 1. The van der Waals surface area contributed by atoms with Crippen LogP contribution < -0.4 is 10.7 Å². The van der Waals surface area contributed by atoms with E-state index in [-0.39, 0.29) is 11.7 Å². The third-order valence-corrected chi connectivity index (χ3v) is 7.15. The molecule has 0 bridgehead atoms. The second-order valence-electron chi connectivity index (χ2n) is 7.14. The zero-order chi connectivity index (χ0) is 24.1. The van der Waals surface area contributed by atoms with Crippen molar-refractivity contribution in [1.29, 1.82) is 0 Å². The van der Waals surface area contributed by atoms with E-state index in [9.17, 15) is 14.7 Å². The van der Waals surface area contributed by atoms with Gasteiger partial charge >= 0.3 is 0 Å². The highest BCUT2D eigenvalue weighted by Crippen LogP contribution is 2.39. The SMILES string of the molecule is CC(=NNC(=O)c1ccc(C(=O)NCc2ccccn2)s1)c1csc(-c2ccc(Cl)cc2)c1O. The first-order valence-electron chi connectivity index (χ1n) is 10.1. The molecule has 4 aromatic rings. The van der Waals surface area contributed by atoms with Gasteiger partial charge in [0.25, 0.3) is 11.8 Å². The van der Waals surface area contributed by atoms with Gasteiger partial charge in [-0.2, -0.15) is 5.10 Å². The molecule has 0 unspecified atom stereocenters. The number of carbonyl (C=O) groups excluding carboxylic acids is 2. The van der Waals surface area contributed by atoms with Gasteiger partial charge in [0.1, 0.15) is 5.75 Å². The van der Waals surface area contributed by atoms with Gasteiger partial charge < -0.3 is 10.4 Å². The van der Waals surface area contributed by atoms with Gasteiger partial charge in [-0.3, -0.25) is 14.6 Å². The van der Waals surface area contributed by atoms with Gasteiger partial charge in [0.15, 0.2) is 0 Å². The first-order chi connectivity index (χ1) is 16.4. The molecule has 0 aliphatic carbocycles. The molecular formula is C24H19ClN4O3S2. The average Bonchev–Trinajstić information content (AvgIpc) is 3.49. The molecule has 172 valence electrons. The van der Waals surface area contributed by atoms with E-state index < -0.39 is 5.91 Å². The number of hydrazone groups is 1. The molecule has 0 saturated heterocycles. The Morgan fingerprint density at radius 2 is 1.79 bits per heavy atom. The number of carbonyl (C=O) groups is 2. The fourth-order valence-corrected chi connectivity index (χ4v) is 4.96. The van der Waals surface area contributed by atoms with Crippen LogP contribution in [0.5, 0.6) is 5.75 Å². The van der Waals surface area contributed by atoms with Gasteiger partial charge in [-0.1, -0.05) is 29.8 Å². The molecule has 0 saturated carbocycles. The summed E-state index contributed by atoms with van der Waals surface area (Å²) in [7, 11) is 0. The summed E-state index contributed by atoms with van der Waals surface area (Å²) < 4.78 is 0. The Bertz CT molecular complexity index is 1350. The fourth-order valence-electron chi connectivity index (χ4n) is 3.01. The molecule has 0 aliphatic rings. The van der Waals surface area contributed by atoms with Crippen LogP contribution in [0, 0.1) is 0 Å². The smallest absolute Gasteiger partial charge is 0.281 e. The largest absolute Gasteiger partial charge is 0.506 e. The third-order valence-electron chi connectivity index (χ3n) is 4.80. The van der Waals surface area contributed by atoms with Crippen LogP contribution in [0.4, 0.5) is 0 Å². The summed E-state index contributed by atoms with van der Waals surface area (Å²) in [6.45, 7) is 1.99. The molecule has 2 amide bonds. The summed E-state index contributed by atoms with van der Waals surface area (Å²) in [5.74, 6) is -0.640. The lowest BCUT2D eigenvalue weighted by molar-refractivity contribution is 0.0949. The molecule has 0 spiro atoms. The van der Waals surface area contributed by atoms with Crippen LogP contribution in [0.15, 0.2) is 71.3 Å². The Morgan fingerprint density at radius 3 is 2.50 bits per heavy atom. The summed E-state index contributed by atoms with van der Waals surface area (Å²) in [5, 5.41) is 19.9. The number of rotatable bonds is 7. The molecule has 3 aromatic heterocycles. The number of halogens is 1. The average molecular weight is 511 g/mol. The number of benzene rings is 1. The zero-order valence-corrected chi connectivity index (χ0v) is 20.3. The van der Waals surface area contributed by atoms with Gasteiger partial charge in [-0.05, 0) is 48.9 Å². The first-order valence-corrected chi connectivity index (χ1v) is 12.2. The van der Waals surface area contributed by atoms with Gasteiger partial charge in [-0.15, -0.1) is 22.7 Å². The highest BCUT2D eigenvalue weighted by atomic mass is 35.5. The van der Waals surface area contributed by atoms with Crippen molar-refractivity contribution in [3.8, 4) is 16.2 Å². The summed E-state index contributed by atoms with van der Waals surface area (Å²) in [6.07, 6.45) is 1.66. The quantitative estimate of drug-likeness (QED) is 0.231. The molecule has 0 fully saturated rings. The molecule has 3 N–H and O–H groups in total. The standard InChI is InChI=1S/C24H19ClN4O3S2/c1-14(18-13-33-22(21(18)30)15-5-7-16(25)8-6-15)28-29-24(32)20-10-9-19(34-20)23(31)27-12-17-4-2-3-11-26-17/h2-11,13,30H,12H2,1H3,(H,27,31)(H,29,32). The van der Waals surface area contributed by atoms with E-state index in [1.54, 1.807) is 48.8 Å². The molecule has 4 rings (SSSR count). The number of amides is 2. The molecule has 10 heteroatoms. The van der Waals surface area contributed by atoms with Crippen LogP contribution in [0.1, 0.15) is 37.5 Å². The van der Waals surface area contributed by atoms with Crippen molar-refractivity contribution in [3.05, 3.63) is 92.2 Å². The molecule has 0 radical (unpaired) electrons. The number of pyridine rings is 1. The Kier molecular flexibility index (Phi) is 7.36. The minimum atomic E-state index is -0.444. The first kappa shape index (κ1) is 23.6. The minimum Gasteiger partial charge on any atom is -0.506 e. The highest BCUT2D eigenvalue weighted by Gasteiger charge is 2.16. The van der Waals surface area contributed by atoms with Crippen molar-refractivity contribution in [3.63, 3.8) is 0 Å². The molecule has 0 aliphatic heterocycles. The van der Waals surface area contributed by atoms with Gasteiger partial charge in [0.2, 0.25) is 0 Å². The van der Waals surface area contributed by atoms with E-state index in [2.05, 4.69) is 20.8 Å². The predicted molar refractivity (Wildman–Crippen MR) is 136 cm³/mol. The van der Waals surface area contributed by atoms with Crippen molar-refractivity contribution < 1.29 is 14.7 Å². The molecule has 7 nitrogen and oxygen atoms in total. The van der Waals surface area contributed by atoms with Crippen LogP contribution in [0.2, 0.25) is 5.02 Å². The monoisotopic (exact) mass is 510 g/mol. The lowest BCUT2D eigenvalue weighted by atomic mass is 10.1. The van der Waals surface area contributed by atoms with Crippen LogP contribution >= 0.6 is 34.3 Å². The van der Waals surface area contributed by atoms with Crippen LogP contribution in [0.25, 0.3) is 10.4 Å². The van der Waals surface area contributed by atoms with Gasteiger partial charge in [-0.25, -0.2) is 5.43 Å². The van der Waals surface area contributed by atoms with E-state index in [1.807, 2.05) is 24.3 Å². The molecular weight excluding hydrogens is 492 g/mol. The van der Waals surface area contributed by atoms with Crippen molar-refractivity contribution in [1.82, 2.24) is 15.7 Å². The van der Waals surface area contributed by atoms with E-state index in [0.717, 1.165) is 22.6 Å².